The Kier molecular flexibility index (Phi) is 2.84. The molecule has 76 valence electrons. The Labute approximate surface area is 87.0 Å². The van der Waals surface area contributed by atoms with Gasteiger partial charge in [-0.05, 0) is 22.4 Å². The normalized spacial score (nSPS) is 21.9. The smallest absolute Gasteiger partial charge is 0.223 e. The van der Waals surface area contributed by atoms with Gasteiger partial charge >= 0.3 is 0 Å². The molecule has 0 spiro atoms. The van der Waals surface area contributed by atoms with Gasteiger partial charge in [0.05, 0.1) is 0 Å². The second-order valence-electron chi connectivity index (χ2n) is 3.66. The van der Waals surface area contributed by atoms with Gasteiger partial charge in [-0.1, -0.05) is 0 Å². The zero-order valence-electron chi connectivity index (χ0n) is 7.85. The Balaban J connectivity index is 1.96. The lowest BCUT2D eigenvalue weighted by Gasteiger charge is -2.14. The molecule has 1 aromatic heterocycles. The highest BCUT2D eigenvalue weighted by Gasteiger charge is 2.28. The molecule has 4 heteroatoms. The maximum absolute atomic E-state index is 11.5. The van der Waals surface area contributed by atoms with Crippen LogP contribution in [0.4, 0.5) is 0 Å². The number of carbonyl (C=O) groups excluding carboxylic acids is 1. The average Bonchev–Trinajstić information content (AvgIpc) is 2.78. The molecular formula is C10H13NO2S. The minimum Gasteiger partial charge on any atom is -0.396 e. The topological polar surface area (TPSA) is 40.5 Å². The van der Waals surface area contributed by atoms with Gasteiger partial charge in [0.15, 0.2) is 0 Å². The summed E-state index contributed by atoms with van der Waals surface area (Å²) in [6.45, 7) is 1.51. The first-order valence-electron chi connectivity index (χ1n) is 4.69. The minimum absolute atomic E-state index is 0.117. The second-order valence-corrected chi connectivity index (χ2v) is 4.44. The van der Waals surface area contributed by atoms with Crippen LogP contribution in [0.2, 0.25) is 0 Å². The molecule has 1 atom stereocenters. The SMILES string of the molecule is O=C1CC(CO)CN1Cc1ccsc1. The fraction of sp³-hybridized carbons (Fsp3) is 0.500. The van der Waals surface area contributed by atoms with E-state index < -0.39 is 0 Å². The zero-order valence-corrected chi connectivity index (χ0v) is 8.67. The summed E-state index contributed by atoms with van der Waals surface area (Å²) in [6.07, 6.45) is 0.501. The molecule has 1 fully saturated rings. The molecule has 1 saturated heterocycles. The summed E-state index contributed by atoms with van der Waals surface area (Å²) in [5, 5.41) is 13.0. The van der Waals surface area contributed by atoms with E-state index in [1.165, 1.54) is 5.56 Å². The molecule has 2 rings (SSSR count). The lowest BCUT2D eigenvalue weighted by Crippen LogP contribution is -2.24. The van der Waals surface area contributed by atoms with Crippen molar-refractivity contribution in [3.05, 3.63) is 22.4 Å². The van der Waals surface area contributed by atoms with E-state index in [2.05, 4.69) is 5.38 Å². The molecule has 14 heavy (non-hydrogen) atoms. The Morgan fingerprint density at radius 3 is 3.07 bits per heavy atom. The van der Waals surface area contributed by atoms with E-state index in [0.29, 0.717) is 19.5 Å². The average molecular weight is 211 g/mol. The monoisotopic (exact) mass is 211 g/mol. The van der Waals surface area contributed by atoms with Crippen molar-refractivity contribution >= 4 is 17.2 Å². The van der Waals surface area contributed by atoms with Gasteiger partial charge in [-0.15, -0.1) is 0 Å². The molecule has 1 aliphatic heterocycles. The molecule has 3 nitrogen and oxygen atoms in total. The first kappa shape index (κ1) is 9.68. The maximum Gasteiger partial charge on any atom is 0.223 e. The predicted molar refractivity (Wildman–Crippen MR) is 54.9 cm³/mol. The summed E-state index contributed by atoms with van der Waals surface area (Å²) in [4.78, 5) is 13.3. The van der Waals surface area contributed by atoms with Gasteiger partial charge < -0.3 is 10.0 Å². The highest BCUT2D eigenvalue weighted by Crippen LogP contribution is 2.20. The van der Waals surface area contributed by atoms with Crippen molar-refractivity contribution < 1.29 is 9.90 Å². The van der Waals surface area contributed by atoms with Crippen LogP contribution < -0.4 is 0 Å². The molecule has 1 unspecified atom stereocenters. The van der Waals surface area contributed by atoms with Crippen molar-refractivity contribution in [2.24, 2.45) is 5.92 Å². The van der Waals surface area contributed by atoms with Crippen LogP contribution in [0.15, 0.2) is 16.8 Å². The third kappa shape index (κ3) is 1.96. The van der Waals surface area contributed by atoms with Crippen molar-refractivity contribution in [3.63, 3.8) is 0 Å². The van der Waals surface area contributed by atoms with Gasteiger partial charge in [0, 0.05) is 32.0 Å². The lowest BCUT2D eigenvalue weighted by molar-refractivity contribution is -0.128. The summed E-state index contributed by atoms with van der Waals surface area (Å²) < 4.78 is 0. The number of nitrogens with zero attached hydrogens (tertiary/aromatic N) is 1. The number of hydrogen-bond acceptors (Lipinski definition) is 3. The quantitative estimate of drug-likeness (QED) is 0.813. The second kappa shape index (κ2) is 4.11. The van der Waals surface area contributed by atoms with E-state index in [1.54, 1.807) is 11.3 Å². The Hall–Kier alpha value is -0.870. The van der Waals surface area contributed by atoms with Gasteiger partial charge in [0.1, 0.15) is 0 Å². The minimum atomic E-state index is 0.117. The number of rotatable bonds is 3. The maximum atomic E-state index is 11.5. The number of carbonyl (C=O) groups is 1. The molecule has 0 radical (unpaired) electrons. The first-order valence-corrected chi connectivity index (χ1v) is 5.63. The highest BCUT2D eigenvalue weighted by molar-refractivity contribution is 7.07. The lowest BCUT2D eigenvalue weighted by atomic mass is 10.1. The fourth-order valence-electron chi connectivity index (χ4n) is 1.73. The molecule has 1 aromatic rings. The van der Waals surface area contributed by atoms with Crippen LogP contribution >= 0.6 is 11.3 Å². The van der Waals surface area contributed by atoms with Gasteiger partial charge in [-0.25, -0.2) is 0 Å². The molecule has 0 bridgehead atoms. The van der Waals surface area contributed by atoms with Crippen LogP contribution in [0, 0.1) is 5.92 Å². The Bertz CT molecular complexity index is 310. The molecule has 0 aromatic carbocycles. The van der Waals surface area contributed by atoms with Crippen molar-refractivity contribution in [2.45, 2.75) is 13.0 Å². The van der Waals surface area contributed by atoms with E-state index >= 15 is 0 Å². The summed E-state index contributed by atoms with van der Waals surface area (Å²) in [5.41, 5.74) is 1.18. The number of hydrogen-bond donors (Lipinski definition) is 1. The molecule has 0 saturated carbocycles. The van der Waals surface area contributed by atoms with Crippen molar-refractivity contribution in [2.75, 3.05) is 13.2 Å². The van der Waals surface area contributed by atoms with E-state index in [9.17, 15) is 4.79 Å². The predicted octanol–water partition coefficient (Wildman–Crippen LogP) is 1.09. The summed E-state index contributed by atoms with van der Waals surface area (Å²) in [5.74, 6) is 0.302. The number of amides is 1. The summed E-state index contributed by atoms with van der Waals surface area (Å²) in [7, 11) is 0. The van der Waals surface area contributed by atoms with Crippen LogP contribution in [0.5, 0.6) is 0 Å². The van der Waals surface area contributed by atoms with E-state index in [-0.39, 0.29) is 18.4 Å². The summed E-state index contributed by atoms with van der Waals surface area (Å²) in [6, 6.07) is 2.03. The highest BCUT2D eigenvalue weighted by atomic mass is 32.1. The van der Waals surface area contributed by atoms with Crippen molar-refractivity contribution in [1.82, 2.24) is 4.90 Å². The molecule has 2 heterocycles. The molecule has 1 N–H and O–H groups in total. The third-order valence-electron chi connectivity index (χ3n) is 2.51. The summed E-state index contributed by atoms with van der Waals surface area (Å²) >= 11 is 1.64. The Morgan fingerprint density at radius 1 is 1.64 bits per heavy atom. The first-order chi connectivity index (χ1) is 6.79. The zero-order chi connectivity index (χ0) is 9.97. The van der Waals surface area contributed by atoms with Crippen LogP contribution in [0.3, 0.4) is 0 Å². The van der Waals surface area contributed by atoms with Crippen LogP contribution in [0.25, 0.3) is 0 Å². The van der Waals surface area contributed by atoms with E-state index in [4.69, 9.17) is 5.11 Å². The van der Waals surface area contributed by atoms with E-state index in [1.807, 2.05) is 16.3 Å². The fourth-order valence-corrected chi connectivity index (χ4v) is 2.39. The van der Waals surface area contributed by atoms with Gasteiger partial charge in [0.2, 0.25) is 5.91 Å². The molecule has 1 aliphatic rings. The number of likely N-dealkylation sites (tertiary alicyclic amines) is 1. The van der Waals surface area contributed by atoms with Crippen LogP contribution in [0.1, 0.15) is 12.0 Å². The van der Waals surface area contributed by atoms with Gasteiger partial charge in [0.25, 0.3) is 0 Å². The number of aliphatic hydroxyl groups is 1. The van der Waals surface area contributed by atoms with Gasteiger partial charge in [-0.2, -0.15) is 11.3 Å². The van der Waals surface area contributed by atoms with E-state index in [0.717, 1.165) is 0 Å². The number of thiophene rings is 1. The Morgan fingerprint density at radius 2 is 2.50 bits per heavy atom. The van der Waals surface area contributed by atoms with Gasteiger partial charge in [-0.3, -0.25) is 4.79 Å². The molecular weight excluding hydrogens is 198 g/mol. The third-order valence-corrected chi connectivity index (χ3v) is 3.24. The van der Waals surface area contributed by atoms with Crippen molar-refractivity contribution in [1.29, 1.82) is 0 Å². The van der Waals surface area contributed by atoms with Crippen LogP contribution in [-0.2, 0) is 11.3 Å². The van der Waals surface area contributed by atoms with Crippen LogP contribution in [-0.4, -0.2) is 29.1 Å². The standard InChI is InChI=1S/C10H13NO2S/c12-6-9-3-10(13)11(5-9)4-8-1-2-14-7-8/h1-2,7,9,12H,3-6H2. The molecule has 1 amide bonds. The number of aliphatic hydroxyl groups excluding tert-OH is 1. The largest absolute Gasteiger partial charge is 0.396 e. The van der Waals surface area contributed by atoms with Crippen molar-refractivity contribution in [3.8, 4) is 0 Å². The molecule has 0 aliphatic carbocycles.